The number of hydrogen-bond donors (Lipinski definition) is 1. The van der Waals surface area contributed by atoms with Gasteiger partial charge in [0.2, 0.25) is 0 Å². The first-order valence-corrected chi connectivity index (χ1v) is 34.0. The standard InChI is InChI=1S/C54H30N4S8.C11H8N2O2.2CNS.Ru/c1-5-45(59-21-1)49-15-13-43(63-49)31-9-11-39-33(25-31)35-27-37(55-29-41(35)57(39)53-19-17-51(65-53)47-7-3-23-61-47)38-28-36-34-26-32(44-14-16-50(64-44)46-6-2-22-60-46)10-12-40(34)58(42(36)30-56-38)54-20-18-52(66-54)48-8-4-24-62-48;14-11(15)8-4-6-13-10(7-8)9-3-1-2-5-12-9;2*2-1-3;/h1-30H;1-7H,(H,14,15);;;/q;;2*-1;+2. The molecule has 2 aromatic carbocycles. The molecule has 0 aliphatic rings. The summed E-state index contributed by atoms with van der Waals surface area (Å²) in [5, 5.41) is 41.4. The molecule has 0 atom stereocenters. The van der Waals surface area contributed by atoms with Crippen LogP contribution in [0.15, 0.2) is 222 Å². The summed E-state index contributed by atoms with van der Waals surface area (Å²) >= 11 is 21.9. The number of rotatable bonds is 11. The van der Waals surface area contributed by atoms with Crippen molar-refractivity contribution in [3.8, 4) is 92.7 Å². The fourth-order valence-corrected chi connectivity index (χ4v) is 17.6. The maximum absolute atomic E-state index is 10.7. The average Bonchev–Trinajstić information content (AvgIpc) is 1.81. The van der Waals surface area contributed by atoms with E-state index in [1.165, 1.54) is 109 Å². The van der Waals surface area contributed by atoms with Crippen molar-refractivity contribution in [1.29, 1.82) is 0 Å². The molecule has 16 rings (SSSR count). The van der Waals surface area contributed by atoms with Gasteiger partial charge < -0.3 is 15.9 Å². The molecule has 0 unspecified atom stereocenters. The Hall–Kier alpha value is -8.07. The van der Waals surface area contributed by atoms with E-state index < -0.39 is 5.97 Å². The molecule has 14 heterocycles. The Labute approximate surface area is 559 Å². The third-order valence-corrected chi connectivity index (χ3v) is 22.6. The number of isothiocyanates is 2. The Morgan fingerprint density at radius 1 is 0.398 bits per heavy atom. The Bertz CT molecular complexity index is 4880. The number of hydrogen-bond acceptors (Lipinski definition) is 15. The van der Waals surface area contributed by atoms with Gasteiger partial charge in [-0.3, -0.25) is 29.1 Å². The molecule has 0 amide bonds. The normalized spacial score (nSPS) is 10.8. The van der Waals surface area contributed by atoms with E-state index in [1.54, 1.807) is 63.7 Å². The number of benzene rings is 2. The maximum atomic E-state index is 10.7. The second-order valence-electron chi connectivity index (χ2n) is 19.0. The van der Waals surface area contributed by atoms with Crippen LogP contribution in [0.1, 0.15) is 10.4 Å². The molecule has 0 radical (unpaired) electrons. The zero-order chi connectivity index (χ0) is 59.4. The number of carboxylic acid groups (broad SMARTS) is 1. The molecule has 0 spiro atoms. The van der Waals surface area contributed by atoms with Crippen molar-refractivity contribution in [3.05, 3.63) is 239 Å². The second-order valence-corrected chi connectivity index (χ2v) is 27.4. The predicted octanol–water partition coefficient (Wildman–Crippen LogP) is 22.0. The number of aromatic nitrogens is 6. The third kappa shape index (κ3) is 12.3. The number of pyridine rings is 4. The molecule has 1 N–H and O–H groups in total. The van der Waals surface area contributed by atoms with E-state index in [1.807, 2.05) is 51.4 Å². The van der Waals surface area contributed by atoms with E-state index in [4.69, 9.17) is 25.9 Å². The van der Waals surface area contributed by atoms with Gasteiger partial charge in [-0.25, -0.2) is 4.79 Å². The van der Waals surface area contributed by atoms with Crippen LogP contribution < -0.4 is 0 Å². The van der Waals surface area contributed by atoms with Gasteiger partial charge >= 0.3 is 25.4 Å². The van der Waals surface area contributed by atoms with E-state index in [-0.39, 0.29) is 25.0 Å². The van der Waals surface area contributed by atoms with Crippen molar-refractivity contribution in [1.82, 2.24) is 29.1 Å². The van der Waals surface area contributed by atoms with Crippen molar-refractivity contribution >= 4 is 175 Å². The van der Waals surface area contributed by atoms with E-state index >= 15 is 0 Å². The molecular formula is C67H38N8O2RuS10. The summed E-state index contributed by atoms with van der Waals surface area (Å²) in [6.07, 6.45) is 7.22. The fraction of sp³-hybridized carbons (Fsp3) is 0. The zero-order valence-electron chi connectivity index (χ0n) is 45.2. The Kier molecular flexibility index (Phi) is 18.6. The number of nitrogens with zero attached hydrogens (tertiary/aromatic N) is 8. The van der Waals surface area contributed by atoms with Crippen LogP contribution in [0.25, 0.3) is 147 Å². The first-order chi connectivity index (χ1) is 42.8. The molecule has 16 aromatic rings. The smallest absolute Gasteiger partial charge is 0.753 e. The number of fused-ring (bicyclic) bond motifs is 6. The van der Waals surface area contributed by atoms with E-state index in [0.717, 1.165) is 44.2 Å². The van der Waals surface area contributed by atoms with Crippen molar-refractivity contribution in [2.75, 3.05) is 0 Å². The molecule has 10 nitrogen and oxygen atoms in total. The summed E-state index contributed by atoms with van der Waals surface area (Å²) in [5.41, 5.74) is 10.1. The van der Waals surface area contributed by atoms with Crippen LogP contribution in [-0.2, 0) is 19.5 Å². The van der Waals surface area contributed by atoms with E-state index in [0.29, 0.717) is 11.4 Å². The number of carbonyl (C=O) groups is 1. The van der Waals surface area contributed by atoms with Crippen LogP contribution in [0.4, 0.5) is 0 Å². The molecule has 0 fully saturated rings. The van der Waals surface area contributed by atoms with Gasteiger partial charge in [-0.15, -0.1) is 90.7 Å². The summed E-state index contributed by atoms with van der Waals surface area (Å²) in [5.74, 6) is -0.963. The van der Waals surface area contributed by atoms with Crippen molar-refractivity contribution in [2.24, 2.45) is 0 Å². The van der Waals surface area contributed by atoms with Gasteiger partial charge in [0.15, 0.2) is 0 Å². The summed E-state index contributed by atoms with van der Waals surface area (Å²) < 4.78 is 4.79. The molecule has 0 bridgehead atoms. The third-order valence-electron chi connectivity index (χ3n) is 14.0. The van der Waals surface area contributed by atoms with Crippen molar-refractivity contribution < 1.29 is 29.4 Å². The molecular weight excluding hydrogens is 1370 g/mol. The van der Waals surface area contributed by atoms with Crippen molar-refractivity contribution in [3.63, 3.8) is 0 Å². The van der Waals surface area contributed by atoms with Crippen LogP contribution in [0.3, 0.4) is 0 Å². The summed E-state index contributed by atoms with van der Waals surface area (Å²) in [6, 6.07) is 62.1. The summed E-state index contributed by atoms with van der Waals surface area (Å²) in [7, 11) is 0. The monoisotopic (exact) mass is 1410 g/mol. The molecule has 21 heteroatoms. The zero-order valence-corrected chi connectivity index (χ0v) is 55.1. The van der Waals surface area contributed by atoms with E-state index in [2.05, 4.69) is 223 Å². The van der Waals surface area contributed by atoms with Gasteiger partial charge in [0.1, 0.15) is 10.0 Å². The van der Waals surface area contributed by atoms with Gasteiger partial charge in [-0.1, -0.05) is 66.9 Å². The van der Waals surface area contributed by atoms with Gasteiger partial charge in [-0.2, -0.15) is 10.3 Å². The topological polar surface area (TPSA) is 143 Å². The molecule has 0 aliphatic carbocycles. The molecule has 0 saturated heterocycles. The van der Waals surface area contributed by atoms with Crippen LogP contribution in [-0.4, -0.2) is 50.5 Å². The minimum absolute atomic E-state index is 0. The first kappa shape index (κ1) is 60.2. The second kappa shape index (κ2) is 27.1. The van der Waals surface area contributed by atoms with Crippen molar-refractivity contribution in [2.45, 2.75) is 0 Å². The minimum Gasteiger partial charge on any atom is -0.753 e. The molecule has 0 saturated carbocycles. The molecule has 88 heavy (non-hydrogen) atoms. The van der Waals surface area contributed by atoms with Crippen LogP contribution in [0.5, 0.6) is 0 Å². The Morgan fingerprint density at radius 2 is 0.795 bits per heavy atom. The number of thiocarbonyl (C=S) groups is 2. The fourth-order valence-electron chi connectivity index (χ4n) is 10.2. The van der Waals surface area contributed by atoms with Crippen LogP contribution >= 0.6 is 115 Å². The van der Waals surface area contributed by atoms with Crippen LogP contribution in [0, 0.1) is 0 Å². The SMILES string of the molecule is O=C(O)c1ccnc(-c2ccccn2)c1.[N-]=C=S.[N-]=C=S.[Ru+2].c1csc(-c2ccc(-c3ccc4c(c3)c3cc(-c5cc6c7cc(-c8ccc(-c9cccs9)s8)ccc7n(-c7ccc(-c8cccs8)s7)c6cn5)ncc3n4-c3ccc(-c4cccs4)s3)s2)c1. The quantitative estimate of drug-likeness (QED) is 0.0766. The molecule has 0 aliphatic heterocycles. The Balaban J connectivity index is 0.000000294. The van der Waals surface area contributed by atoms with Gasteiger partial charge in [0.25, 0.3) is 0 Å². The Morgan fingerprint density at radius 3 is 1.20 bits per heavy atom. The molecule has 426 valence electrons. The van der Waals surface area contributed by atoms with Gasteiger partial charge in [0.05, 0.1) is 62.8 Å². The minimum atomic E-state index is -0.963. The van der Waals surface area contributed by atoms with Crippen LogP contribution in [0.2, 0.25) is 0 Å². The van der Waals surface area contributed by atoms with Gasteiger partial charge in [0, 0.05) is 82.7 Å². The summed E-state index contributed by atoms with van der Waals surface area (Å²) in [4.78, 5) is 42.2. The molecule has 14 aromatic heterocycles. The maximum Gasteiger partial charge on any atom is 2.00 e. The predicted molar refractivity (Wildman–Crippen MR) is 378 cm³/mol. The van der Waals surface area contributed by atoms with Gasteiger partial charge in [-0.05, 0) is 166 Å². The largest absolute Gasteiger partial charge is 2.00 e. The number of aromatic carboxylic acids is 1. The first-order valence-electron chi connectivity index (χ1n) is 26.4. The summed E-state index contributed by atoms with van der Waals surface area (Å²) in [6.45, 7) is 0. The van der Waals surface area contributed by atoms with E-state index in [9.17, 15) is 4.79 Å². The average molecular weight is 1410 g/mol. The number of thiophene rings is 8. The number of carboxylic acids is 1.